The van der Waals surface area contributed by atoms with Crippen molar-refractivity contribution in [1.82, 2.24) is 10.2 Å². The summed E-state index contributed by atoms with van der Waals surface area (Å²) in [7, 11) is 1.70. The summed E-state index contributed by atoms with van der Waals surface area (Å²) in [5, 5.41) is 11.8. The van der Waals surface area contributed by atoms with Gasteiger partial charge >= 0.3 is 5.97 Å². The number of nitrogens with one attached hydrogen (secondary N) is 1. The smallest absolute Gasteiger partial charge is 0.322 e. The number of carboxylic acids is 1. The highest BCUT2D eigenvalue weighted by Crippen LogP contribution is 2.30. The maximum absolute atomic E-state index is 10.9. The first-order chi connectivity index (χ1) is 7.04. The first-order valence-corrected chi connectivity index (χ1v) is 5.68. The molecule has 0 aromatic rings. The van der Waals surface area contributed by atoms with Crippen molar-refractivity contribution in [2.75, 3.05) is 20.1 Å². The molecule has 0 aromatic carbocycles. The third-order valence-corrected chi connectivity index (χ3v) is 2.98. The molecule has 1 aliphatic carbocycles. The van der Waals surface area contributed by atoms with E-state index in [1.165, 1.54) is 12.8 Å². The summed E-state index contributed by atoms with van der Waals surface area (Å²) in [6.07, 6.45) is 2.61. The van der Waals surface area contributed by atoms with Crippen LogP contribution in [0.5, 0.6) is 0 Å². The second kappa shape index (κ2) is 5.47. The van der Waals surface area contributed by atoms with E-state index in [9.17, 15) is 4.79 Å². The van der Waals surface area contributed by atoms with E-state index in [0.717, 1.165) is 12.5 Å². The Hall–Kier alpha value is -0.610. The second-order valence-electron chi connectivity index (χ2n) is 4.67. The van der Waals surface area contributed by atoms with Crippen molar-refractivity contribution in [2.24, 2.45) is 5.92 Å². The van der Waals surface area contributed by atoms with Gasteiger partial charge in [-0.25, -0.2) is 0 Å². The molecular weight excluding hydrogens is 192 g/mol. The zero-order valence-electron chi connectivity index (χ0n) is 9.86. The average Bonchev–Trinajstić information content (AvgIpc) is 2.94. The molecule has 1 rings (SSSR count). The van der Waals surface area contributed by atoms with Crippen LogP contribution in [0.25, 0.3) is 0 Å². The Morgan fingerprint density at radius 2 is 2.13 bits per heavy atom. The minimum absolute atomic E-state index is 0.417. The fourth-order valence-corrected chi connectivity index (χ4v) is 1.66. The van der Waals surface area contributed by atoms with Crippen molar-refractivity contribution in [3.8, 4) is 0 Å². The zero-order chi connectivity index (χ0) is 11.4. The van der Waals surface area contributed by atoms with Gasteiger partial charge in [-0.3, -0.25) is 9.69 Å². The van der Waals surface area contributed by atoms with Gasteiger partial charge in [0.25, 0.3) is 0 Å². The van der Waals surface area contributed by atoms with Crippen molar-refractivity contribution in [3.63, 3.8) is 0 Å². The van der Waals surface area contributed by atoms with Crippen molar-refractivity contribution < 1.29 is 9.90 Å². The first-order valence-electron chi connectivity index (χ1n) is 5.68. The summed E-state index contributed by atoms with van der Waals surface area (Å²) in [6.45, 7) is 5.89. The minimum atomic E-state index is -0.765. The zero-order valence-corrected chi connectivity index (χ0v) is 9.86. The second-order valence-corrected chi connectivity index (χ2v) is 4.67. The van der Waals surface area contributed by atoms with Gasteiger partial charge in [-0.05, 0) is 39.7 Å². The highest BCUT2D eigenvalue weighted by atomic mass is 16.4. The molecule has 1 unspecified atom stereocenters. The lowest BCUT2D eigenvalue weighted by Gasteiger charge is -2.29. The fourth-order valence-electron chi connectivity index (χ4n) is 1.66. The molecule has 1 fully saturated rings. The van der Waals surface area contributed by atoms with Crippen LogP contribution in [0.15, 0.2) is 0 Å². The van der Waals surface area contributed by atoms with Crippen molar-refractivity contribution in [2.45, 2.75) is 38.8 Å². The molecule has 0 aliphatic heterocycles. The minimum Gasteiger partial charge on any atom is -0.480 e. The molecule has 1 atom stereocenters. The van der Waals surface area contributed by atoms with E-state index in [1.807, 2.05) is 0 Å². The van der Waals surface area contributed by atoms with Crippen molar-refractivity contribution in [3.05, 3.63) is 0 Å². The number of carbonyl (C=O) groups is 1. The number of carboxylic acid groups (broad SMARTS) is 1. The number of hydrogen-bond acceptors (Lipinski definition) is 3. The van der Waals surface area contributed by atoms with E-state index in [4.69, 9.17) is 5.11 Å². The van der Waals surface area contributed by atoms with E-state index in [2.05, 4.69) is 24.1 Å². The van der Waals surface area contributed by atoms with Gasteiger partial charge in [-0.2, -0.15) is 0 Å². The summed E-state index contributed by atoms with van der Waals surface area (Å²) in [4.78, 5) is 13.2. The highest BCUT2D eigenvalue weighted by molar-refractivity contribution is 5.73. The number of likely N-dealkylation sites (N-methyl/N-ethyl adjacent to an activating group) is 1. The highest BCUT2D eigenvalue weighted by Gasteiger charge is 2.28. The molecule has 88 valence electrons. The molecular formula is C11H22N2O2. The van der Waals surface area contributed by atoms with Gasteiger partial charge in [-0.15, -0.1) is 0 Å². The van der Waals surface area contributed by atoms with Crippen LogP contribution in [0.4, 0.5) is 0 Å². The SMILES string of the molecule is CNC(CN(CC1CC1)C(C)C)C(=O)O. The van der Waals surface area contributed by atoms with Crippen LogP contribution in [0.1, 0.15) is 26.7 Å². The third-order valence-electron chi connectivity index (χ3n) is 2.98. The Morgan fingerprint density at radius 3 is 2.47 bits per heavy atom. The maximum Gasteiger partial charge on any atom is 0.322 e. The number of aliphatic carboxylic acids is 1. The van der Waals surface area contributed by atoms with Gasteiger partial charge in [0.2, 0.25) is 0 Å². The Morgan fingerprint density at radius 1 is 1.53 bits per heavy atom. The van der Waals surface area contributed by atoms with Crippen LogP contribution >= 0.6 is 0 Å². The lowest BCUT2D eigenvalue weighted by Crippen LogP contribution is -2.47. The summed E-state index contributed by atoms with van der Waals surface area (Å²) in [6, 6.07) is -0.0352. The molecule has 0 aromatic heterocycles. The van der Waals surface area contributed by atoms with E-state index in [-0.39, 0.29) is 0 Å². The normalized spacial score (nSPS) is 18.5. The molecule has 4 heteroatoms. The van der Waals surface area contributed by atoms with Crippen LogP contribution in [-0.4, -0.2) is 48.2 Å². The van der Waals surface area contributed by atoms with Gasteiger partial charge in [0.05, 0.1) is 0 Å². The van der Waals surface area contributed by atoms with Crippen LogP contribution in [0.2, 0.25) is 0 Å². The largest absolute Gasteiger partial charge is 0.480 e. The number of rotatable bonds is 7. The molecule has 0 amide bonds. The molecule has 0 saturated heterocycles. The van der Waals surface area contributed by atoms with Crippen molar-refractivity contribution in [1.29, 1.82) is 0 Å². The van der Waals surface area contributed by atoms with Gasteiger partial charge in [0, 0.05) is 19.1 Å². The standard InChI is InChI=1S/C11H22N2O2/c1-8(2)13(6-9-4-5-9)7-10(12-3)11(14)15/h8-10,12H,4-7H2,1-3H3,(H,14,15). The average molecular weight is 214 g/mol. The number of hydrogen-bond donors (Lipinski definition) is 2. The predicted octanol–water partition coefficient (Wildman–Crippen LogP) is 0.779. The van der Waals surface area contributed by atoms with Crippen LogP contribution in [0, 0.1) is 5.92 Å². The Balaban J connectivity index is 2.43. The van der Waals surface area contributed by atoms with E-state index in [0.29, 0.717) is 12.6 Å². The fraction of sp³-hybridized carbons (Fsp3) is 0.909. The lowest BCUT2D eigenvalue weighted by atomic mass is 10.2. The summed E-state index contributed by atoms with van der Waals surface area (Å²) < 4.78 is 0. The van der Waals surface area contributed by atoms with E-state index >= 15 is 0 Å². The van der Waals surface area contributed by atoms with Gasteiger partial charge < -0.3 is 10.4 Å². The molecule has 15 heavy (non-hydrogen) atoms. The quantitative estimate of drug-likeness (QED) is 0.657. The molecule has 0 radical (unpaired) electrons. The Labute approximate surface area is 91.6 Å². The molecule has 0 spiro atoms. The molecule has 4 nitrogen and oxygen atoms in total. The van der Waals surface area contributed by atoms with Gasteiger partial charge in [-0.1, -0.05) is 0 Å². The third kappa shape index (κ3) is 4.18. The first kappa shape index (κ1) is 12.5. The van der Waals surface area contributed by atoms with E-state index < -0.39 is 12.0 Å². The van der Waals surface area contributed by atoms with Crippen LogP contribution < -0.4 is 5.32 Å². The Bertz CT molecular complexity index is 215. The van der Waals surface area contributed by atoms with Gasteiger partial charge in [0.1, 0.15) is 6.04 Å². The van der Waals surface area contributed by atoms with Crippen molar-refractivity contribution >= 4 is 5.97 Å². The maximum atomic E-state index is 10.9. The molecule has 1 saturated carbocycles. The molecule has 2 N–H and O–H groups in total. The molecule has 0 heterocycles. The Kier molecular flexibility index (Phi) is 4.54. The predicted molar refractivity (Wildman–Crippen MR) is 59.9 cm³/mol. The molecule has 1 aliphatic rings. The topological polar surface area (TPSA) is 52.6 Å². The monoisotopic (exact) mass is 214 g/mol. The van der Waals surface area contributed by atoms with Gasteiger partial charge in [0.15, 0.2) is 0 Å². The summed E-state index contributed by atoms with van der Waals surface area (Å²) >= 11 is 0. The summed E-state index contributed by atoms with van der Waals surface area (Å²) in [5.41, 5.74) is 0. The van der Waals surface area contributed by atoms with Crippen LogP contribution in [-0.2, 0) is 4.79 Å². The molecule has 0 bridgehead atoms. The summed E-state index contributed by atoms with van der Waals surface area (Å²) in [5.74, 6) is 0.0395. The van der Waals surface area contributed by atoms with Crippen LogP contribution in [0.3, 0.4) is 0 Å². The van der Waals surface area contributed by atoms with E-state index in [1.54, 1.807) is 7.05 Å². The number of nitrogens with zero attached hydrogens (tertiary/aromatic N) is 1. The lowest BCUT2D eigenvalue weighted by molar-refractivity contribution is -0.140.